The fraction of sp³-hybridized carbons (Fsp3) is 0.500. The first-order valence-corrected chi connectivity index (χ1v) is 12.4. The average Bonchev–Trinajstić information content (AvgIpc) is 3.13. The maximum Gasteiger partial charge on any atom is 0.490 e. The minimum absolute atomic E-state index is 0. The molecule has 2 aromatic rings. The second-order valence-electron chi connectivity index (χ2n) is 6.02. The van der Waals surface area contributed by atoms with Gasteiger partial charge in [0.05, 0.1) is 12.9 Å². The van der Waals surface area contributed by atoms with Crippen LogP contribution in [-0.4, -0.2) is 74.2 Å². The Bertz CT molecular complexity index is 1110. The maximum absolute atomic E-state index is 11.8. The van der Waals surface area contributed by atoms with Crippen molar-refractivity contribution in [3.8, 4) is 0 Å². The molecule has 6 atom stereocenters. The van der Waals surface area contributed by atoms with Gasteiger partial charge in [0.15, 0.2) is 17.7 Å². The van der Waals surface area contributed by atoms with Gasteiger partial charge in [0.1, 0.15) is 30.2 Å². The molecule has 32 heavy (non-hydrogen) atoms. The van der Waals surface area contributed by atoms with Gasteiger partial charge in [0, 0.05) is 19.5 Å². The normalized spacial score (nSPS) is 27.6. The summed E-state index contributed by atoms with van der Waals surface area (Å²) in [6.45, 7) is -0.956. The molecule has 0 aliphatic carbocycles. The predicted molar refractivity (Wildman–Crippen MR) is 95.5 cm³/mol. The Morgan fingerprint density at radius 2 is 1.69 bits per heavy atom. The molecule has 0 saturated carbocycles. The summed E-state index contributed by atoms with van der Waals surface area (Å²) >= 11 is 0. The first-order chi connectivity index (χ1) is 14.2. The van der Waals surface area contributed by atoms with E-state index in [-0.39, 0.29) is 36.5 Å². The monoisotopic (exact) mass is 571 g/mol. The fourth-order valence-corrected chi connectivity index (χ4v) is 5.65. The Morgan fingerprint density at radius 1 is 1.03 bits per heavy atom. The van der Waals surface area contributed by atoms with Crippen LogP contribution < -0.4 is 5.73 Å². The Balaban J connectivity index is 0.00000363. The van der Waals surface area contributed by atoms with Gasteiger partial charge >= 0.3 is 23.5 Å². The molecule has 2 aromatic heterocycles. The number of aliphatic hydroxyl groups is 2. The molecule has 22 heteroatoms. The van der Waals surface area contributed by atoms with Crippen molar-refractivity contribution in [2.75, 3.05) is 12.3 Å². The van der Waals surface area contributed by atoms with E-state index in [1.54, 1.807) is 0 Å². The third kappa shape index (κ3) is 6.44. The molecule has 0 bridgehead atoms. The Labute approximate surface area is 190 Å². The predicted octanol–water partition coefficient (Wildman–Crippen LogP) is -1.63. The summed E-state index contributed by atoms with van der Waals surface area (Å²) in [7, 11) is -16.7. The summed E-state index contributed by atoms with van der Waals surface area (Å²) in [6.07, 6.45) is -3.69. The summed E-state index contributed by atoms with van der Waals surface area (Å²) in [5.41, 5.74) is 6.00. The van der Waals surface area contributed by atoms with Crippen molar-refractivity contribution < 1.29 is 80.8 Å². The van der Waals surface area contributed by atoms with E-state index in [4.69, 9.17) is 25.2 Å². The van der Waals surface area contributed by atoms with Crippen LogP contribution in [0.15, 0.2) is 12.7 Å². The second-order valence-corrected chi connectivity index (χ2v) is 10.4. The van der Waals surface area contributed by atoms with Crippen molar-refractivity contribution in [1.29, 1.82) is 0 Å². The number of hydrogen-bond acceptors (Lipinski definition) is 13. The molecule has 1 aliphatic rings. The molecule has 0 radical (unpaired) electrons. The van der Waals surface area contributed by atoms with Crippen LogP contribution in [-0.2, 0) is 51.1 Å². The zero-order chi connectivity index (χ0) is 23.2. The van der Waals surface area contributed by atoms with Crippen LogP contribution in [0.4, 0.5) is 5.82 Å². The molecule has 0 amide bonds. The quantitative estimate of drug-likeness (QED) is 0.138. The van der Waals surface area contributed by atoms with E-state index >= 15 is 0 Å². The standard InChI is InChI=1S/C10H16N5O13P3.Zn/c11-8-5-9(13-2-12-8)15(3-14-5)10-7(17)6(16)4(26-10)1-25-30(21,22)28-31(23,24)27-29(18,19)20;/h2-4,6-7,10,16-17H,1H2,(H,21,22)(H,23,24)(H2,11,12,13)(H2,18,19,20);/t4-,6?,7?,10-;/m1./s1. The summed E-state index contributed by atoms with van der Waals surface area (Å²) in [5, 5.41) is 20.4. The zero-order valence-corrected chi connectivity index (χ0v) is 21.3. The van der Waals surface area contributed by atoms with E-state index in [1.807, 2.05) is 0 Å². The van der Waals surface area contributed by atoms with Crippen molar-refractivity contribution >= 4 is 40.4 Å². The van der Waals surface area contributed by atoms with Gasteiger partial charge in [0.2, 0.25) is 0 Å². The van der Waals surface area contributed by atoms with Gasteiger partial charge in [-0.25, -0.2) is 28.6 Å². The number of nitrogens with two attached hydrogens (primary N) is 1. The van der Waals surface area contributed by atoms with Gasteiger partial charge in [-0.05, 0) is 0 Å². The van der Waals surface area contributed by atoms with Gasteiger partial charge in [-0.3, -0.25) is 9.09 Å². The van der Waals surface area contributed by atoms with E-state index in [0.717, 1.165) is 6.33 Å². The Morgan fingerprint density at radius 3 is 2.31 bits per heavy atom. The molecule has 0 spiro atoms. The van der Waals surface area contributed by atoms with Crippen LogP contribution in [0.2, 0.25) is 0 Å². The van der Waals surface area contributed by atoms with Crippen LogP contribution in [0.5, 0.6) is 0 Å². The van der Waals surface area contributed by atoms with Gasteiger partial charge in [-0.2, -0.15) is 8.62 Å². The van der Waals surface area contributed by atoms with Crippen molar-refractivity contribution in [3.63, 3.8) is 0 Å². The van der Waals surface area contributed by atoms with Crippen molar-refractivity contribution in [2.45, 2.75) is 24.5 Å². The molecule has 0 aromatic carbocycles. The average molecular weight is 573 g/mol. The van der Waals surface area contributed by atoms with Gasteiger partial charge in [0.25, 0.3) is 0 Å². The maximum atomic E-state index is 11.8. The van der Waals surface area contributed by atoms with Crippen LogP contribution in [0.3, 0.4) is 0 Å². The minimum Gasteiger partial charge on any atom is -0.387 e. The first kappa shape index (κ1) is 27.5. The molecule has 1 aliphatic heterocycles. The number of fused-ring (bicyclic) bond motifs is 1. The van der Waals surface area contributed by atoms with E-state index in [9.17, 15) is 28.8 Å². The number of aromatic nitrogens is 4. The topological polar surface area (TPSA) is 279 Å². The summed E-state index contributed by atoms with van der Waals surface area (Å²) in [5.74, 6) is 0.0426. The molecule has 3 rings (SSSR count). The number of aliphatic hydroxyl groups excluding tert-OH is 2. The Hall–Kier alpha value is -0.737. The zero-order valence-electron chi connectivity index (χ0n) is 15.6. The molecule has 3 heterocycles. The molecule has 176 valence electrons. The molecule has 18 nitrogen and oxygen atoms in total. The van der Waals surface area contributed by atoms with Crippen molar-refractivity contribution in [1.82, 2.24) is 19.5 Å². The number of phosphoric ester groups is 1. The third-order valence-electron chi connectivity index (χ3n) is 3.82. The molecular formula is C10H16N5O13P3Zn. The Kier molecular flexibility index (Phi) is 8.48. The number of rotatable bonds is 8. The van der Waals surface area contributed by atoms with Crippen LogP contribution in [0.1, 0.15) is 6.23 Å². The fourth-order valence-electron chi connectivity index (χ4n) is 2.62. The molecule has 1 saturated heterocycles. The van der Waals surface area contributed by atoms with Gasteiger partial charge < -0.3 is 40.3 Å². The number of hydrogen-bond donors (Lipinski definition) is 7. The number of phosphoric acid groups is 3. The van der Waals surface area contributed by atoms with Crippen LogP contribution >= 0.6 is 23.5 Å². The number of nitrogen functional groups attached to an aromatic ring is 1. The summed E-state index contributed by atoms with van der Waals surface area (Å²) in [6, 6.07) is 0. The minimum atomic E-state index is -5.70. The number of anilines is 1. The van der Waals surface area contributed by atoms with Crippen LogP contribution in [0.25, 0.3) is 11.2 Å². The molecule has 8 N–H and O–H groups in total. The van der Waals surface area contributed by atoms with Crippen LogP contribution in [0, 0.1) is 0 Å². The smallest absolute Gasteiger partial charge is 0.387 e. The van der Waals surface area contributed by atoms with Crippen molar-refractivity contribution in [3.05, 3.63) is 12.7 Å². The SMILES string of the molecule is Nc1ncnc2c1ncn2[C@@H]1O[C@H](COP(=O)(O)OP(=O)(O)OP(=O)(O)O)C(O)C1O.[Zn]. The largest absolute Gasteiger partial charge is 0.490 e. The van der Waals surface area contributed by atoms with E-state index in [1.165, 1.54) is 10.9 Å². The third-order valence-corrected chi connectivity index (χ3v) is 7.62. The summed E-state index contributed by atoms with van der Waals surface area (Å²) < 4.78 is 51.9. The van der Waals surface area contributed by atoms with E-state index in [0.29, 0.717) is 0 Å². The number of imidazole rings is 1. The van der Waals surface area contributed by atoms with E-state index in [2.05, 4.69) is 28.1 Å². The number of ether oxygens (including phenoxy) is 1. The molecule has 1 fully saturated rings. The van der Waals surface area contributed by atoms with Gasteiger partial charge in [-0.1, -0.05) is 0 Å². The molecule has 4 unspecified atom stereocenters. The van der Waals surface area contributed by atoms with Gasteiger partial charge in [-0.15, -0.1) is 0 Å². The van der Waals surface area contributed by atoms with E-state index < -0.39 is 54.6 Å². The molecular weight excluding hydrogens is 556 g/mol. The van der Waals surface area contributed by atoms with Crippen molar-refractivity contribution in [2.24, 2.45) is 0 Å². The first-order valence-electron chi connectivity index (χ1n) is 7.92. The summed E-state index contributed by atoms with van der Waals surface area (Å²) in [4.78, 5) is 47.2. The number of nitrogens with zero attached hydrogens (tertiary/aromatic N) is 4. The second kappa shape index (κ2) is 9.86.